The molecule has 3 heterocycles. The molecule has 0 amide bonds. The number of pyridine rings is 1. The minimum Gasteiger partial charge on any atom is -0.307 e. The van der Waals surface area contributed by atoms with Crippen molar-refractivity contribution in [1.29, 1.82) is 0 Å². The Morgan fingerprint density at radius 3 is 3.05 bits per heavy atom. The average molecular weight is 357 g/mol. The molecule has 3 aromatic rings. The number of aromatic nitrogens is 3. The first-order valence-corrected chi connectivity index (χ1v) is 7.45. The lowest BCUT2D eigenvalue weighted by Gasteiger charge is -2.05. The maximum Gasteiger partial charge on any atom is 0.265 e. The highest BCUT2D eigenvalue weighted by Crippen LogP contribution is 2.24. The zero-order chi connectivity index (χ0) is 13.4. The van der Waals surface area contributed by atoms with Gasteiger partial charge in [0.25, 0.3) is 5.56 Å². The third-order valence-electron chi connectivity index (χ3n) is 2.61. The second-order valence-corrected chi connectivity index (χ2v) is 5.97. The molecule has 0 aliphatic rings. The van der Waals surface area contributed by atoms with E-state index in [4.69, 9.17) is 11.6 Å². The summed E-state index contributed by atoms with van der Waals surface area (Å²) in [6.07, 6.45) is 1.70. The minimum absolute atomic E-state index is 0.117. The molecule has 7 heteroatoms. The molecule has 0 unspecified atom stereocenters. The van der Waals surface area contributed by atoms with Gasteiger partial charge in [-0.3, -0.25) is 4.79 Å². The molecule has 0 radical (unpaired) electrons. The predicted molar refractivity (Wildman–Crippen MR) is 79.9 cm³/mol. The highest BCUT2D eigenvalue weighted by atomic mass is 79.9. The molecule has 0 N–H and O–H groups in total. The first-order chi connectivity index (χ1) is 9.15. The molecule has 3 rings (SSSR count). The van der Waals surface area contributed by atoms with Crippen LogP contribution in [0.2, 0.25) is 5.15 Å². The van der Waals surface area contributed by atoms with Crippen molar-refractivity contribution in [3.05, 3.63) is 55.6 Å². The summed E-state index contributed by atoms with van der Waals surface area (Å²) in [5, 5.41) is 3.18. The van der Waals surface area contributed by atoms with E-state index in [-0.39, 0.29) is 5.56 Å². The highest BCUT2D eigenvalue weighted by Gasteiger charge is 2.08. The van der Waals surface area contributed by atoms with Gasteiger partial charge >= 0.3 is 0 Å². The standard InChI is InChI=1S/C12H7BrClN3OS/c13-8-2-1-4-17(12(8)18)6-9-15-10(14)7-3-5-19-11(7)16-9/h1-5H,6H2. The Labute approximate surface area is 125 Å². The van der Waals surface area contributed by atoms with E-state index >= 15 is 0 Å². The van der Waals surface area contributed by atoms with Crippen molar-refractivity contribution < 1.29 is 0 Å². The van der Waals surface area contributed by atoms with Crippen LogP contribution in [0.4, 0.5) is 0 Å². The monoisotopic (exact) mass is 355 g/mol. The lowest BCUT2D eigenvalue weighted by molar-refractivity contribution is 0.716. The van der Waals surface area contributed by atoms with E-state index in [1.54, 1.807) is 18.3 Å². The first kappa shape index (κ1) is 12.8. The molecule has 0 fully saturated rings. The predicted octanol–water partition coefficient (Wildman–Crippen LogP) is 3.32. The van der Waals surface area contributed by atoms with Crippen molar-refractivity contribution in [2.24, 2.45) is 0 Å². The third kappa shape index (κ3) is 2.43. The van der Waals surface area contributed by atoms with Gasteiger partial charge in [-0.25, -0.2) is 9.97 Å². The van der Waals surface area contributed by atoms with Crippen molar-refractivity contribution in [3.8, 4) is 0 Å². The molecular formula is C12H7BrClN3OS. The smallest absolute Gasteiger partial charge is 0.265 e. The van der Waals surface area contributed by atoms with Crippen molar-refractivity contribution in [2.45, 2.75) is 6.54 Å². The largest absolute Gasteiger partial charge is 0.307 e. The summed E-state index contributed by atoms with van der Waals surface area (Å²) in [5.41, 5.74) is -0.117. The van der Waals surface area contributed by atoms with Crippen LogP contribution in [0.15, 0.2) is 39.0 Å². The molecule has 96 valence electrons. The summed E-state index contributed by atoms with van der Waals surface area (Å²) in [6, 6.07) is 5.38. The molecule has 0 saturated heterocycles. The Balaban J connectivity index is 2.06. The fourth-order valence-electron chi connectivity index (χ4n) is 1.72. The van der Waals surface area contributed by atoms with Gasteiger partial charge in [-0.1, -0.05) is 11.6 Å². The molecule has 3 aromatic heterocycles. The second-order valence-electron chi connectivity index (χ2n) is 3.86. The fourth-order valence-corrected chi connectivity index (χ4v) is 3.19. The SMILES string of the molecule is O=c1c(Br)cccn1Cc1nc(Cl)c2ccsc2n1. The molecule has 19 heavy (non-hydrogen) atoms. The molecule has 0 bridgehead atoms. The van der Waals surface area contributed by atoms with Crippen LogP contribution in [0.3, 0.4) is 0 Å². The third-order valence-corrected chi connectivity index (χ3v) is 4.31. The Morgan fingerprint density at radius 2 is 2.21 bits per heavy atom. The number of hydrogen-bond acceptors (Lipinski definition) is 4. The van der Waals surface area contributed by atoms with E-state index in [0.29, 0.717) is 22.0 Å². The van der Waals surface area contributed by atoms with Gasteiger partial charge in [0, 0.05) is 11.6 Å². The van der Waals surface area contributed by atoms with E-state index in [0.717, 1.165) is 10.2 Å². The van der Waals surface area contributed by atoms with Crippen LogP contribution < -0.4 is 5.56 Å². The molecule has 0 aliphatic heterocycles. The van der Waals surface area contributed by atoms with Gasteiger partial charge in [0.1, 0.15) is 9.98 Å². The number of halogens is 2. The molecular weight excluding hydrogens is 350 g/mol. The van der Waals surface area contributed by atoms with Crippen LogP contribution in [-0.4, -0.2) is 14.5 Å². The van der Waals surface area contributed by atoms with Crippen LogP contribution >= 0.6 is 38.9 Å². The van der Waals surface area contributed by atoms with Gasteiger partial charge in [0.05, 0.1) is 11.0 Å². The topological polar surface area (TPSA) is 47.8 Å². The van der Waals surface area contributed by atoms with Crippen LogP contribution in [0.25, 0.3) is 10.2 Å². The second kappa shape index (κ2) is 5.03. The molecule has 0 spiro atoms. The molecule has 4 nitrogen and oxygen atoms in total. The van der Waals surface area contributed by atoms with Gasteiger partial charge in [-0.05, 0) is 39.5 Å². The summed E-state index contributed by atoms with van der Waals surface area (Å²) in [4.78, 5) is 21.4. The summed E-state index contributed by atoms with van der Waals surface area (Å²) < 4.78 is 2.05. The van der Waals surface area contributed by atoms with Gasteiger partial charge < -0.3 is 4.57 Å². The quantitative estimate of drug-likeness (QED) is 0.662. The molecule has 0 aromatic carbocycles. The lowest BCUT2D eigenvalue weighted by Crippen LogP contribution is -2.21. The summed E-state index contributed by atoms with van der Waals surface area (Å²) in [5.74, 6) is 0.528. The maximum atomic E-state index is 11.9. The maximum absolute atomic E-state index is 11.9. The zero-order valence-electron chi connectivity index (χ0n) is 9.51. The van der Waals surface area contributed by atoms with E-state index in [9.17, 15) is 4.79 Å². The molecule has 0 saturated carbocycles. The van der Waals surface area contributed by atoms with E-state index in [2.05, 4.69) is 25.9 Å². The molecule has 0 atom stereocenters. The van der Waals surface area contributed by atoms with Gasteiger partial charge in [-0.2, -0.15) is 0 Å². The van der Waals surface area contributed by atoms with Crippen LogP contribution in [0, 0.1) is 0 Å². The Hall–Kier alpha value is -1.24. The van der Waals surface area contributed by atoms with Gasteiger partial charge in [0.15, 0.2) is 5.82 Å². The van der Waals surface area contributed by atoms with E-state index in [1.807, 2.05) is 11.4 Å². The van der Waals surface area contributed by atoms with E-state index < -0.39 is 0 Å². The highest BCUT2D eigenvalue weighted by molar-refractivity contribution is 9.10. The van der Waals surface area contributed by atoms with Crippen LogP contribution in [0.1, 0.15) is 5.82 Å². The number of fused-ring (bicyclic) bond motifs is 1. The number of thiophene rings is 1. The Bertz CT molecular complexity index is 814. The fraction of sp³-hybridized carbons (Fsp3) is 0.0833. The van der Waals surface area contributed by atoms with Crippen molar-refractivity contribution in [1.82, 2.24) is 14.5 Å². The number of nitrogens with zero attached hydrogens (tertiary/aromatic N) is 3. The summed E-state index contributed by atoms with van der Waals surface area (Å²) in [7, 11) is 0. The minimum atomic E-state index is -0.117. The normalized spacial score (nSPS) is 11.1. The Morgan fingerprint density at radius 1 is 1.37 bits per heavy atom. The van der Waals surface area contributed by atoms with Crippen molar-refractivity contribution in [3.63, 3.8) is 0 Å². The Kier molecular flexibility index (Phi) is 3.38. The molecule has 0 aliphatic carbocycles. The van der Waals surface area contributed by atoms with Crippen LogP contribution in [0.5, 0.6) is 0 Å². The van der Waals surface area contributed by atoms with Crippen molar-refractivity contribution >= 4 is 49.1 Å². The van der Waals surface area contributed by atoms with Gasteiger partial charge in [-0.15, -0.1) is 11.3 Å². The van der Waals surface area contributed by atoms with Gasteiger partial charge in [0.2, 0.25) is 0 Å². The van der Waals surface area contributed by atoms with Crippen LogP contribution in [-0.2, 0) is 6.54 Å². The number of rotatable bonds is 2. The zero-order valence-corrected chi connectivity index (χ0v) is 12.7. The first-order valence-electron chi connectivity index (χ1n) is 5.40. The average Bonchev–Trinajstić information content (AvgIpc) is 2.84. The lowest BCUT2D eigenvalue weighted by atomic mass is 10.4. The number of hydrogen-bond donors (Lipinski definition) is 0. The van der Waals surface area contributed by atoms with E-state index in [1.165, 1.54) is 15.9 Å². The summed E-state index contributed by atoms with van der Waals surface area (Å²) in [6.45, 7) is 0.297. The van der Waals surface area contributed by atoms with Crippen molar-refractivity contribution in [2.75, 3.05) is 0 Å². The summed E-state index contributed by atoms with van der Waals surface area (Å²) >= 11 is 10.8.